The van der Waals surface area contributed by atoms with Crippen molar-refractivity contribution in [2.75, 3.05) is 18.5 Å². The predicted molar refractivity (Wildman–Crippen MR) is 238 cm³/mol. The van der Waals surface area contributed by atoms with E-state index in [9.17, 15) is 18.8 Å². The van der Waals surface area contributed by atoms with E-state index in [4.69, 9.17) is 23.7 Å². The standard InChI is InChI=1S/C50H64FN3O8/c1-8-9-28-58-43(56)32-41-29-38(59-49(4,5)62-41)24-26-52-42(55)31-40-30-39(60-50(6,7)61-40)25-27-54-46(33(2)3)45(48(57)53-37-18-14-11-15-19-37)44(34-16-12-10-13-17-34)47(54)35-20-22-36(51)23-21-35/h10-23,33,38-41H,8-9,24-32H2,1-7H3,(H,52,55)(H,53,57). The first-order chi connectivity index (χ1) is 29.6. The molecule has 334 valence electrons. The number of amides is 2. The number of anilines is 1. The fraction of sp³-hybridized carbons (Fsp3) is 0.500. The van der Waals surface area contributed by atoms with Crippen LogP contribution in [0.25, 0.3) is 22.4 Å². The van der Waals surface area contributed by atoms with Crippen molar-refractivity contribution < 1.29 is 42.5 Å². The van der Waals surface area contributed by atoms with Gasteiger partial charge in [0, 0.05) is 42.9 Å². The van der Waals surface area contributed by atoms with Crippen molar-refractivity contribution in [1.29, 1.82) is 0 Å². The Morgan fingerprint density at radius 1 is 0.774 bits per heavy atom. The van der Waals surface area contributed by atoms with Crippen LogP contribution in [0.1, 0.15) is 122 Å². The number of nitrogens with one attached hydrogen (secondary N) is 2. The number of carbonyl (C=O) groups is 3. The summed E-state index contributed by atoms with van der Waals surface area (Å²) in [4.78, 5) is 40.3. The molecule has 11 nitrogen and oxygen atoms in total. The monoisotopic (exact) mass is 853 g/mol. The number of hydrogen-bond acceptors (Lipinski definition) is 8. The molecule has 0 aliphatic carbocycles. The molecule has 0 saturated carbocycles. The fourth-order valence-electron chi connectivity index (χ4n) is 8.75. The molecular weight excluding hydrogens is 790 g/mol. The summed E-state index contributed by atoms with van der Waals surface area (Å²) in [5.74, 6) is -2.88. The molecule has 2 aliphatic heterocycles. The van der Waals surface area contributed by atoms with Crippen molar-refractivity contribution in [3.63, 3.8) is 0 Å². The topological polar surface area (TPSA) is 126 Å². The van der Waals surface area contributed by atoms with Crippen LogP contribution in [0.4, 0.5) is 10.1 Å². The summed E-state index contributed by atoms with van der Waals surface area (Å²) in [5, 5.41) is 6.19. The molecule has 12 heteroatoms. The highest BCUT2D eigenvalue weighted by Crippen LogP contribution is 2.43. The van der Waals surface area contributed by atoms with Crippen LogP contribution in [0.5, 0.6) is 0 Å². The molecule has 4 atom stereocenters. The van der Waals surface area contributed by atoms with Crippen molar-refractivity contribution in [3.05, 3.63) is 102 Å². The smallest absolute Gasteiger partial charge is 0.308 e. The highest BCUT2D eigenvalue weighted by atomic mass is 19.1. The summed E-state index contributed by atoms with van der Waals surface area (Å²) in [6.45, 7) is 14.9. The summed E-state index contributed by atoms with van der Waals surface area (Å²) >= 11 is 0. The van der Waals surface area contributed by atoms with E-state index in [-0.39, 0.29) is 60.7 Å². The largest absolute Gasteiger partial charge is 0.466 e. The molecule has 4 aromatic rings. The highest BCUT2D eigenvalue weighted by molar-refractivity contribution is 6.12. The zero-order chi connectivity index (χ0) is 44.4. The van der Waals surface area contributed by atoms with Gasteiger partial charge in [-0.1, -0.05) is 75.7 Å². The Morgan fingerprint density at radius 3 is 1.97 bits per heavy atom. The van der Waals surface area contributed by atoms with Crippen molar-refractivity contribution in [2.24, 2.45) is 0 Å². The lowest BCUT2D eigenvalue weighted by Gasteiger charge is -2.41. The minimum absolute atomic E-state index is 0.0674. The molecule has 2 aliphatic rings. The number of esters is 1. The van der Waals surface area contributed by atoms with E-state index < -0.39 is 17.7 Å². The zero-order valence-electron chi connectivity index (χ0n) is 37.3. The average Bonchev–Trinajstić information content (AvgIpc) is 3.56. The van der Waals surface area contributed by atoms with Crippen molar-refractivity contribution in [1.82, 2.24) is 9.88 Å². The Kier molecular flexibility index (Phi) is 15.8. The summed E-state index contributed by atoms with van der Waals surface area (Å²) < 4.78 is 47.0. The van der Waals surface area contributed by atoms with E-state index >= 15 is 0 Å². The van der Waals surface area contributed by atoms with Crippen LogP contribution in [-0.2, 0) is 39.8 Å². The lowest BCUT2D eigenvalue weighted by Crippen LogP contribution is -2.47. The van der Waals surface area contributed by atoms with Crippen LogP contribution < -0.4 is 10.6 Å². The van der Waals surface area contributed by atoms with Crippen LogP contribution in [0.2, 0.25) is 0 Å². The molecule has 6 rings (SSSR count). The number of rotatable bonds is 18. The van der Waals surface area contributed by atoms with Crippen LogP contribution in [0.3, 0.4) is 0 Å². The third kappa shape index (κ3) is 12.6. The third-order valence-electron chi connectivity index (χ3n) is 11.2. The van der Waals surface area contributed by atoms with Crippen molar-refractivity contribution in [3.8, 4) is 22.4 Å². The van der Waals surface area contributed by atoms with Gasteiger partial charge in [-0.2, -0.15) is 0 Å². The van der Waals surface area contributed by atoms with E-state index in [1.807, 2.05) is 95.3 Å². The van der Waals surface area contributed by atoms with Gasteiger partial charge in [0.2, 0.25) is 5.91 Å². The van der Waals surface area contributed by atoms with E-state index in [1.165, 1.54) is 12.1 Å². The van der Waals surface area contributed by atoms with E-state index in [0.717, 1.165) is 40.9 Å². The molecular formula is C50H64FN3O8. The number of halogens is 1. The minimum Gasteiger partial charge on any atom is -0.466 e. The van der Waals surface area contributed by atoms with Gasteiger partial charge in [-0.05, 0) is 100 Å². The first-order valence-electron chi connectivity index (χ1n) is 22.2. The maximum absolute atomic E-state index is 14.5. The highest BCUT2D eigenvalue weighted by Gasteiger charge is 2.39. The number of nitrogens with zero attached hydrogens (tertiary/aromatic N) is 1. The van der Waals surface area contributed by atoms with Gasteiger partial charge in [-0.3, -0.25) is 14.4 Å². The predicted octanol–water partition coefficient (Wildman–Crippen LogP) is 10.2. The first-order valence-corrected chi connectivity index (χ1v) is 22.2. The molecule has 0 spiro atoms. The Balaban J connectivity index is 1.17. The molecule has 0 radical (unpaired) electrons. The second-order valence-electron chi connectivity index (χ2n) is 17.6. The SMILES string of the molecule is CCCCOC(=O)CC1CC(CCNC(=O)CC2CC(CCn3c(-c4ccc(F)cc4)c(-c4ccccc4)c(C(=O)Nc4ccccc4)c3C(C)C)OC(C)(C)O2)OC(C)(C)O1. The number of para-hydroxylation sites is 1. The summed E-state index contributed by atoms with van der Waals surface area (Å²) in [5.41, 5.74) is 5.34. The summed E-state index contributed by atoms with van der Waals surface area (Å²) in [7, 11) is 0. The number of benzene rings is 3. The third-order valence-corrected chi connectivity index (χ3v) is 11.2. The Morgan fingerprint density at radius 2 is 1.35 bits per heavy atom. The van der Waals surface area contributed by atoms with Gasteiger partial charge in [0.25, 0.3) is 5.91 Å². The normalized spacial score (nSPS) is 20.7. The van der Waals surface area contributed by atoms with Crippen LogP contribution >= 0.6 is 0 Å². The molecule has 62 heavy (non-hydrogen) atoms. The van der Waals surface area contributed by atoms with Crippen LogP contribution in [0.15, 0.2) is 84.9 Å². The van der Waals surface area contributed by atoms with Gasteiger partial charge in [0.15, 0.2) is 11.6 Å². The molecule has 4 unspecified atom stereocenters. The zero-order valence-corrected chi connectivity index (χ0v) is 37.3. The van der Waals surface area contributed by atoms with Crippen LogP contribution in [-0.4, -0.2) is 71.5 Å². The number of hydrogen-bond donors (Lipinski definition) is 2. The van der Waals surface area contributed by atoms with Crippen molar-refractivity contribution in [2.45, 2.75) is 148 Å². The van der Waals surface area contributed by atoms with Gasteiger partial charge < -0.3 is 38.9 Å². The fourth-order valence-corrected chi connectivity index (χ4v) is 8.75. The van der Waals surface area contributed by atoms with Gasteiger partial charge in [-0.25, -0.2) is 4.39 Å². The van der Waals surface area contributed by atoms with E-state index in [1.54, 1.807) is 12.1 Å². The van der Waals surface area contributed by atoms with Crippen molar-refractivity contribution >= 4 is 23.5 Å². The maximum atomic E-state index is 14.5. The molecule has 3 aromatic carbocycles. The summed E-state index contributed by atoms with van der Waals surface area (Å²) in [6, 6.07) is 25.7. The molecule has 0 bridgehead atoms. The Labute approximate surface area is 366 Å². The lowest BCUT2D eigenvalue weighted by atomic mass is 9.94. The molecule has 2 saturated heterocycles. The molecule has 2 amide bonds. The van der Waals surface area contributed by atoms with E-state index in [0.29, 0.717) is 56.6 Å². The van der Waals surface area contributed by atoms with Crippen LogP contribution in [0, 0.1) is 5.82 Å². The molecule has 1 aromatic heterocycles. The molecule has 3 heterocycles. The number of unbranched alkanes of at least 4 members (excludes halogenated alkanes) is 1. The summed E-state index contributed by atoms with van der Waals surface area (Å²) in [6.07, 6.45) is 3.01. The molecule has 2 fully saturated rings. The average molecular weight is 854 g/mol. The molecule has 2 N–H and O–H groups in total. The number of aromatic nitrogens is 1. The van der Waals surface area contributed by atoms with Gasteiger partial charge in [0.1, 0.15) is 5.82 Å². The van der Waals surface area contributed by atoms with Gasteiger partial charge >= 0.3 is 5.97 Å². The number of carbonyl (C=O) groups excluding carboxylic acids is 3. The quantitative estimate of drug-likeness (QED) is 0.0749. The minimum atomic E-state index is -0.949. The second kappa shape index (κ2) is 21.0. The maximum Gasteiger partial charge on any atom is 0.308 e. The Hall–Kier alpha value is -4.88. The van der Waals surface area contributed by atoms with E-state index in [2.05, 4.69) is 29.0 Å². The lowest BCUT2D eigenvalue weighted by molar-refractivity contribution is -0.300. The van der Waals surface area contributed by atoms with Gasteiger partial charge in [0.05, 0.1) is 55.1 Å². The second-order valence-corrected chi connectivity index (χ2v) is 17.6. The first kappa shape index (κ1) is 46.6. The number of ether oxygens (including phenoxy) is 5. The Bertz CT molecular complexity index is 2100. The van der Waals surface area contributed by atoms with Gasteiger partial charge in [-0.15, -0.1) is 0 Å².